The zero-order valence-corrected chi connectivity index (χ0v) is 12.3. The van der Waals surface area contributed by atoms with Crippen LogP contribution in [0.15, 0.2) is 28.8 Å². The molecule has 1 aromatic heterocycles. The van der Waals surface area contributed by atoms with Crippen LogP contribution in [-0.2, 0) is 12.8 Å². The molecule has 112 valence electrons. The van der Waals surface area contributed by atoms with Gasteiger partial charge in [0.15, 0.2) is 5.82 Å². The molecule has 0 saturated carbocycles. The third-order valence-corrected chi connectivity index (χ3v) is 3.82. The minimum Gasteiger partial charge on any atom is -0.493 e. The molecule has 3 rings (SSSR count). The number of nitrogens with zero attached hydrogens (tertiary/aromatic N) is 2. The van der Waals surface area contributed by atoms with Crippen LogP contribution in [0.1, 0.15) is 43.0 Å². The molecule has 1 aromatic carbocycles. The molecule has 2 aromatic rings. The molecule has 0 radical (unpaired) electrons. The van der Waals surface area contributed by atoms with Gasteiger partial charge in [-0.15, -0.1) is 0 Å². The lowest BCUT2D eigenvalue weighted by atomic mass is 9.96. The molecule has 2 heterocycles. The molecule has 0 spiro atoms. The number of hydrogen-bond donors (Lipinski definition) is 1. The van der Waals surface area contributed by atoms with Gasteiger partial charge >= 0.3 is 0 Å². The van der Waals surface area contributed by atoms with Gasteiger partial charge in [-0.25, -0.2) is 0 Å². The Hall–Kier alpha value is -1.88. The largest absolute Gasteiger partial charge is 0.493 e. The summed E-state index contributed by atoms with van der Waals surface area (Å²) in [5.74, 6) is 2.47. The van der Waals surface area contributed by atoms with Crippen LogP contribution in [0.3, 0.4) is 0 Å². The van der Waals surface area contributed by atoms with Crippen molar-refractivity contribution in [1.29, 1.82) is 0 Å². The zero-order valence-electron chi connectivity index (χ0n) is 12.3. The van der Waals surface area contributed by atoms with E-state index in [1.807, 2.05) is 18.2 Å². The highest BCUT2D eigenvalue weighted by Gasteiger charge is 2.25. The molecular weight excluding hydrogens is 266 g/mol. The zero-order chi connectivity index (χ0) is 14.7. The molecule has 1 aliphatic heterocycles. The number of ether oxygens (including phenoxy) is 1. The van der Waals surface area contributed by atoms with Crippen LogP contribution in [0.5, 0.6) is 5.75 Å². The Bertz CT molecular complexity index is 597. The summed E-state index contributed by atoms with van der Waals surface area (Å²) in [6.07, 6.45) is 3.56. The van der Waals surface area contributed by atoms with Gasteiger partial charge in [0.1, 0.15) is 5.75 Å². The maximum absolute atomic E-state index is 6.01. The molecule has 2 atom stereocenters. The van der Waals surface area contributed by atoms with E-state index in [2.05, 4.69) is 23.1 Å². The number of aromatic nitrogens is 2. The summed E-state index contributed by atoms with van der Waals surface area (Å²) in [7, 11) is 0. The van der Waals surface area contributed by atoms with E-state index in [-0.39, 0.29) is 12.0 Å². The predicted octanol–water partition coefficient (Wildman–Crippen LogP) is 2.46. The number of benzene rings is 1. The summed E-state index contributed by atoms with van der Waals surface area (Å²) in [4.78, 5) is 4.49. The van der Waals surface area contributed by atoms with Crippen molar-refractivity contribution in [2.24, 2.45) is 5.73 Å². The molecule has 2 N–H and O–H groups in total. The Morgan fingerprint density at radius 2 is 2.24 bits per heavy atom. The molecule has 0 aliphatic carbocycles. The molecule has 2 unspecified atom stereocenters. The maximum Gasteiger partial charge on any atom is 0.228 e. The van der Waals surface area contributed by atoms with Crippen molar-refractivity contribution >= 4 is 0 Å². The first-order valence-electron chi connectivity index (χ1n) is 7.55. The van der Waals surface area contributed by atoms with E-state index in [4.69, 9.17) is 15.0 Å². The summed E-state index contributed by atoms with van der Waals surface area (Å²) in [5, 5.41) is 4.10. The number of fused-ring (bicyclic) bond motifs is 1. The third kappa shape index (κ3) is 3.24. The van der Waals surface area contributed by atoms with Gasteiger partial charge in [0.25, 0.3) is 0 Å². The monoisotopic (exact) mass is 287 g/mol. The lowest BCUT2D eigenvalue weighted by Crippen LogP contribution is -2.23. The highest BCUT2D eigenvalue weighted by molar-refractivity contribution is 5.36. The van der Waals surface area contributed by atoms with E-state index in [0.29, 0.717) is 18.9 Å². The summed E-state index contributed by atoms with van der Waals surface area (Å²) in [6, 6.07) is 8.18. The molecule has 5 nitrogen and oxygen atoms in total. The van der Waals surface area contributed by atoms with Crippen molar-refractivity contribution in [2.45, 2.75) is 44.6 Å². The Morgan fingerprint density at radius 3 is 3.10 bits per heavy atom. The lowest BCUT2D eigenvalue weighted by Gasteiger charge is -2.22. The summed E-state index contributed by atoms with van der Waals surface area (Å²) < 4.78 is 11.1. The van der Waals surface area contributed by atoms with Crippen molar-refractivity contribution in [3.8, 4) is 5.75 Å². The second-order valence-corrected chi connectivity index (χ2v) is 5.62. The van der Waals surface area contributed by atoms with Gasteiger partial charge in [-0.1, -0.05) is 36.7 Å². The molecule has 0 amide bonds. The number of rotatable bonds is 5. The minimum absolute atomic E-state index is 0.0895. The minimum atomic E-state index is 0.0895. The quantitative estimate of drug-likeness (QED) is 0.914. The summed E-state index contributed by atoms with van der Waals surface area (Å²) >= 11 is 0. The highest BCUT2D eigenvalue weighted by atomic mass is 16.5. The highest BCUT2D eigenvalue weighted by Crippen LogP contribution is 2.30. The molecule has 5 heteroatoms. The number of nitrogens with two attached hydrogens (primary N) is 1. The fraction of sp³-hybridized carbons (Fsp3) is 0.500. The maximum atomic E-state index is 6.01. The van der Waals surface area contributed by atoms with Crippen LogP contribution >= 0.6 is 0 Å². The molecule has 0 fully saturated rings. The molecular formula is C16H21N3O2. The standard InChI is InChI=1S/C16H21N3O2/c1-2-5-13(17)9-15-18-16(19-21-15)12-8-11-6-3-4-7-14(11)20-10-12/h3-4,6-7,12-13H,2,5,8-10,17H2,1H3. The van der Waals surface area contributed by atoms with Gasteiger partial charge in [0, 0.05) is 12.5 Å². The SMILES string of the molecule is CCCC(N)Cc1nc(C2COc3ccccc3C2)no1. The van der Waals surface area contributed by atoms with Gasteiger partial charge in [0.05, 0.1) is 12.5 Å². The van der Waals surface area contributed by atoms with Crippen molar-refractivity contribution in [3.63, 3.8) is 0 Å². The van der Waals surface area contributed by atoms with Crippen LogP contribution in [0, 0.1) is 0 Å². The summed E-state index contributed by atoms with van der Waals surface area (Å²) in [5.41, 5.74) is 7.21. The van der Waals surface area contributed by atoms with Crippen LogP contribution in [0.25, 0.3) is 0 Å². The first kappa shape index (κ1) is 14.1. The topological polar surface area (TPSA) is 74.2 Å². The second-order valence-electron chi connectivity index (χ2n) is 5.62. The average molecular weight is 287 g/mol. The smallest absolute Gasteiger partial charge is 0.228 e. The fourth-order valence-corrected chi connectivity index (χ4v) is 2.71. The van der Waals surface area contributed by atoms with E-state index in [1.165, 1.54) is 5.56 Å². The van der Waals surface area contributed by atoms with E-state index in [9.17, 15) is 0 Å². The van der Waals surface area contributed by atoms with E-state index >= 15 is 0 Å². The Kier molecular flexibility index (Phi) is 4.20. The van der Waals surface area contributed by atoms with Crippen molar-refractivity contribution < 1.29 is 9.26 Å². The van der Waals surface area contributed by atoms with Crippen molar-refractivity contribution in [1.82, 2.24) is 10.1 Å². The second kappa shape index (κ2) is 6.26. The Balaban J connectivity index is 1.67. The molecule has 21 heavy (non-hydrogen) atoms. The van der Waals surface area contributed by atoms with Gasteiger partial charge < -0.3 is 15.0 Å². The van der Waals surface area contributed by atoms with Gasteiger partial charge in [-0.2, -0.15) is 4.98 Å². The number of para-hydroxylation sites is 1. The Morgan fingerprint density at radius 1 is 1.38 bits per heavy atom. The fourth-order valence-electron chi connectivity index (χ4n) is 2.71. The van der Waals surface area contributed by atoms with E-state index < -0.39 is 0 Å². The average Bonchev–Trinajstić information content (AvgIpc) is 2.95. The van der Waals surface area contributed by atoms with Crippen molar-refractivity contribution in [2.75, 3.05) is 6.61 Å². The van der Waals surface area contributed by atoms with Crippen molar-refractivity contribution in [3.05, 3.63) is 41.5 Å². The van der Waals surface area contributed by atoms with Crippen LogP contribution in [0.4, 0.5) is 0 Å². The molecule has 0 saturated heterocycles. The first-order chi connectivity index (χ1) is 10.3. The van der Waals surface area contributed by atoms with Crippen LogP contribution < -0.4 is 10.5 Å². The molecule has 0 bridgehead atoms. The third-order valence-electron chi connectivity index (χ3n) is 3.82. The predicted molar refractivity (Wildman–Crippen MR) is 79.3 cm³/mol. The first-order valence-corrected chi connectivity index (χ1v) is 7.55. The number of hydrogen-bond acceptors (Lipinski definition) is 5. The van der Waals surface area contributed by atoms with Gasteiger partial charge in [-0.05, 0) is 24.5 Å². The lowest BCUT2D eigenvalue weighted by molar-refractivity contribution is 0.253. The van der Waals surface area contributed by atoms with Gasteiger partial charge in [0.2, 0.25) is 5.89 Å². The Labute approximate surface area is 124 Å². The van der Waals surface area contributed by atoms with E-state index in [1.54, 1.807) is 0 Å². The van der Waals surface area contributed by atoms with E-state index in [0.717, 1.165) is 30.8 Å². The molecule has 1 aliphatic rings. The van der Waals surface area contributed by atoms with Crippen LogP contribution in [0.2, 0.25) is 0 Å². The van der Waals surface area contributed by atoms with Crippen LogP contribution in [-0.4, -0.2) is 22.8 Å². The normalized spacial score (nSPS) is 18.9. The van der Waals surface area contributed by atoms with Gasteiger partial charge in [-0.3, -0.25) is 0 Å². The summed E-state index contributed by atoms with van der Waals surface area (Å²) in [6.45, 7) is 2.72.